The third-order valence-corrected chi connectivity index (χ3v) is 13.9. The van der Waals surface area contributed by atoms with Crippen LogP contribution in [0.1, 0.15) is 327 Å². The SMILES string of the molecule is C=C(/C=C(\C)CC)C(=C\C=NC)/C(=C/C=C(\C)N)CC.C=C(C)C.C=C1CCC(C)C(=O)N1.CC.CC.CC1CC1.CCC(C)C.CCCC.CCCC(CCC)CCC.CCCC(CCC)c1ccc(C(C)=O)cc1.CCc1ccc(C)c(C)c1. The van der Waals surface area contributed by atoms with Gasteiger partial charge in [-0.1, -0.05) is 294 Å². The molecule has 5 nitrogen and oxygen atoms in total. The van der Waals surface area contributed by atoms with E-state index >= 15 is 0 Å². The molecule has 0 spiro atoms. The molecule has 86 heavy (non-hydrogen) atoms. The summed E-state index contributed by atoms with van der Waals surface area (Å²) in [6.45, 7) is 66.3. The van der Waals surface area contributed by atoms with Crippen molar-refractivity contribution in [2.45, 2.75) is 314 Å². The number of unbranched alkanes of at least 4 members (excludes halogenated alkanes) is 1. The van der Waals surface area contributed by atoms with Crippen LogP contribution in [0.2, 0.25) is 0 Å². The van der Waals surface area contributed by atoms with Crippen LogP contribution in [0.5, 0.6) is 0 Å². The van der Waals surface area contributed by atoms with Gasteiger partial charge in [0.25, 0.3) is 0 Å². The number of piperidine rings is 1. The van der Waals surface area contributed by atoms with Gasteiger partial charge >= 0.3 is 0 Å². The van der Waals surface area contributed by atoms with Crippen LogP contribution in [-0.2, 0) is 11.2 Å². The zero-order valence-corrected chi connectivity index (χ0v) is 62.4. The number of aryl methyl sites for hydroxylation is 3. The molecule has 498 valence electrons. The number of hydrogen-bond donors (Lipinski definition) is 2. The number of nitrogens with one attached hydrogen (secondary N) is 1. The van der Waals surface area contributed by atoms with E-state index in [1.165, 1.54) is 135 Å². The Bertz CT molecular complexity index is 2060. The summed E-state index contributed by atoms with van der Waals surface area (Å²) in [5.74, 6) is 4.10. The fourth-order valence-corrected chi connectivity index (χ4v) is 7.57. The summed E-state index contributed by atoms with van der Waals surface area (Å²) < 4.78 is 0. The molecule has 3 N–H and O–H groups in total. The zero-order valence-electron chi connectivity index (χ0n) is 62.4. The highest BCUT2D eigenvalue weighted by Gasteiger charge is 2.18. The molecular weight excluding hydrogens is 1050 g/mol. The normalized spacial score (nSPS) is 13.4. The highest BCUT2D eigenvalue weighted by Crippen LogP contribution is 2.28. The van der Waals surface area contributed by atoms with Crippen LogP contribution in [0.25, 0.3) is 0 Å². The van der Waals surface area contributed by atoms with E-state index in [-0.39, 0.29) is 17.6 Å². The predicted molar refractivity (Wildman–Crippen MR) is 397 cm³/mol. The number of carbonyl (C=O) groups excluding carboxylic acids is 2. The average molecular weight is 1200 g/mol. The molecule has 1 unspecified atom stereocenters. The Labute approximate surface area is 539 Å². The van der Waals surface area contributed by atoms with Crippen molar-refractivity contribution in [1.29, 1.82) is 0 Å². The molecule has 2 fully saturated rings. The fraction of sp³-hybridized carbons (Fsp3) is 0.642. The summed E-state index contributed by atoms with van der Waals surface area (Å²) in [5.41, 5.74) is 19.6. The first-order valence-electron chi connectivity index (χ1n) is 34.6. The lowest BCUT2D eigenvalue weighted by atomic mass is 9.90. The van der Waals surface area contributed by atoms with Gasteiger partial charge in [-0.3, -0.25) is 14.6 Å². The number of allylic oxidation sites excluding steroid dienone is 11. The van der Waals surface area contributed by atoms with E-state index in [1.54, 1.807) is 20.2 Å². The Balaban J connectivity index is -0.000000170. The number of nitrogens with two attached hydrogens (primary N) is 1. The number of ketones is 1. The van der Waals surface area contributed by atoms with E-state index in [0.29, 0.717) is 5.92 Å². The van der Waals surface area contributed by atoms with Crippen LogP contribution >= 0.6 is 0 Å². The molecule has 2 aromatic carbocycles. The molecular formula is C81H147N3O2. The summed E-state index contributed by atoms with van der Waals surface area (Å²) in [7, 11) is 1.77. The molecule has 5 heteroatoms. The van der Waals surface area contributed by atoms with Crippen LogP contribution in [-0.4, -0.2) is 25.0 Å². The fourth-order valence-electron chi connectivity index (χ4n) is 7.57. The van der Waals surface area contributed by atoms with E-state index < -0.39 is 0 Å². The van der Waals surface area contributed by atoms with Gasteiger partial charge in [-0.05, 0) is 168 Å². The van der Waals surface area contributed by atoms with Crippen molar-refractivity contribution in [1.82, 2.24) is 5.32 Å². The van der Waals surface area contributed by atoms with E-state index in [0.717, 1.165) is 78.0 Å². The molecule has 1 aliphatic heterocycles. The molecule has 1 amide bonds. The maximum Gasteiger partial charge on any atom is 0.226 e. The van der Waals surface area contributed by atoms with Crippen LogP contribution in [0, 0.1) is 37.5 Å². The molecule has 0 aromatic heterocycles. The smallest absolute Gasteiger partial charge is 0.226 e. The van der Waals surface area contributed by atoms with Crippen LogP contribution in [0.3, 0.4) is 0 Å². The summed E-state index contributed by atoms with van der Waals surface area (Å²) in [6, 6.07) is 14.8. The number of carbonyl (C=O) groups is 2. The third kappa shape index (κ3) is 63.7. The Hall–Kier alpha value is -4.77. The number of nitrogens with zero attached hydrogens (tertiary/aromatic N) is 1. The van der Waals surface area contributed by atoms with E-state index in [4.69, 9.17) is 5.73 Å². The lowest BCUT2D eigenvalue weighted by Crippen LogP contribution is -2.32. The van der Waals surface area contributed by atoms with Crippen molar-refractivity contribution in [2.24, 2.45) is 34.4 Å². The summed E-state index contributed by atoms with van der Waals surface area (Å²) in [5, 5.41) is 2.70. The topological polar surface area (TPSA) is 84.5 Å². The Kier molecular flexibility index (Phi) is 74.7. The first-order valence-corrected chi connectivity index (χ1v) is 34.6. The Morgan fingerprint density at radius 3 is 1.43 bits per heavy atom. The lowest BCUT2D eigenvalue weighted by molar-refractivity contribution is -0.124. The number of aliphatic imine (C=N–C) groups is 1. The predicted octanol–water partition coefficient (Wildman–Crippen LogP) is 26.1. The van der Waals surface area contributed by atoms with Gasteiger partial charge < -0.3 is 11.1 Å². The van der Waals surface area contributed by atoms with E-state index in [9.17, 15) is 9.59 Å². The molecule has 1 heterocycles. The molecule has 4 rings (SSSR count). The van der Waals surface area contributed by atoms with E-state index in [1.807, 2.05) is 79.7 Å². The Morgan fingerprint density at radius 1 is 0.674 bits per heavy atom. The lowest BCUT2D eigenvalue weighted by Gasteiger charge is -2.19. The maximum absolute atomic E-state index is 11.2. The summed E-state index contributed by atoms with van der Waals surface area (Å²) >= 11 is 0. The molecule has 1 saturated heterocycles. The molecule has 1 aliphatic carbocycles. The van der Waals surface area contributed by atoms with E-state index in [2.05, 4.69) is 190 Å². The second-order valence-electron chi connectivity index (χ2n) is 23.5. The standard InChI is InChI=1S/C18H28N2.C15H22O.C10H14.C10H22.C7H11NO.C5H12.2C4H8.C4H10.2C2H6/c1-7-14(3)13-15(4)18(11-12-20-6)17(8-2)10-9-16(5)19;1-4-6-14(7-5-2)15-10-8-13(9-11-15)12(3)16;1-4-10-6-5-8(2)9(3)7-10;1-4-7-10(8-5-2)9-6-3;1-5-3-4-6(2)8-7(5)9;1-4-5(2)3;1-4-2-3-4;1-4(2)3;1-3-4-2;2*1-2/h9-13H,4,7-8,19H2,1-3,5-6H3;8-11,14H,4-7H2,1-3H3;5-7H,4H2,1-3H3;10H,4-9H2,1-3H3;5H,2-4H2,1H3,(H,8,9);5H,4H2,1-3H3;4H,2-3H2,1H3;1H2,2-3H3;3-4H2,1-2H3;2*1-2H3/b14-13+,16-9+,17-10+,18-11+,20-12?;;;;;;;;;;. The molecule has 2 aromatic rings. The van der Waals surface area contributed by atoms with Gasteiger partial charge in [0.2, 0.25) is 5.91 Å². The number of benzene rings is 2. The summed E-state index contributed by atoms with van der Waals surface area (Å²) in [6.07, 6.45) is 35.2. The quantitative estimate of drug-likeness (QED) is 0.0533. The van der Waals surface area contributed by atoms with Gasteiger partial charge in [0.1, 0.15) is 0 Å². The van der Waals surface area contributed by atoms with Crippen molar-refractivity contribution in [2.75, 3.05) is 7.05 Å². The van der Waals surface area contributed by atoms with Crippen molar-refractivity contribution < 1.29 is 9.59 Å². The van der Waals surface area contributed by atoms with Crippen LogP contribution in [0.15, 0.2) is 131 Å². The highest BCUT2D eigenvalue weighted by molar-refractivity contribution is 5.94. The van der Waals surface area contributed by atoms with Crippen molar-refractivity contribution in [3.05, 3.63) is 154 Å². The van der Waals surface area contributed by atoms with Gasteiger partial charge in [-0.2, -0.15) is 0 Å². The zero-order chi connectivity index (χ0) is 68.0. The van der Waals surface area contributed by atoms with Crippen LogP contribution < -0.4 is 11.1 Å². The van der Waals surface area contributed by atoms with Gasteiger partial charge in [0.05, 0.1) is 0 Å². The molecule has 1 atom stereocenters. The molecule has 0 radical (unpaired) electrons. The second-order valence-corrected chi connectivity index (χ2v) is 23.5. The van der Waals surface area contributed by atoms with Crippen molar-refractivity contribution in [3.63, 3.8) is 0 Å². The van der Waals surface area contributed by atoms with Gasteiger partial charge in [0, 0.05) is 36.1 Å². The van der Waals surface area contributed by atoms with Crippen LogP contribution in [0.4, 0.5) is 0 Å². The number of hydrogen-bond acceptors (Lipinski definition) is 4. The largest absolute Gasteiger partial charge is 0.402 e. The van der Waals surface area contributed by atoms with Gasteiger partial charge in [-0.25, -0.2) is 0 Å². The summed E-state index contributed by atoms with van der Waals surface area (Å²) in [4.78, 5) is 26.0. The van der Waals surface area contributed by atoms with Crippen molar-refractivity contribution in [3.8, 4) is 0 Å². The monoisotopic (exact) mass is 1190 g/mol. The Morgan fingerprint density at radius 2 is 1.13 bits per heavy atom. The third-order valence-electron chi connectivity index (χ3n) is 13.9. The number of Topliss-reactive ketones (excluding diaryl/α,β-unsaturated/α-hetero) is 1. The minimum absolute atomic E-state index is 0.117. The van der Waals surface area contributed by atoms with Crippen molar-refractivity contribution >= 4 is 17.9 Å². The minimum atomic E-state index is 0.117. The van der Waals surface area contributed by atoms with Gasteiger partial charge in [-0.15, -0.1) is 6.58 Å². The first-order chi connectivity index (χ1) is 40.7. The minimum Gasteiger partial charge on any atom is -0.402 e. The van der Waals surface area contributed by atoms with Gasteiger partial charge in [0.15, 0.2) is 5.78 Å². The maximum atomic E-state index is 11.2. The number of rotatable bonds is 22. The average Bonchev–Trinajstić information content (AvgIpc) is 4.09. The highest BCUT2D eigenvalue weighted by atomic mass is 16.2. The second kappa shape index (κ2) is 67.7. The molecule has 2 aliphatic rings. The first kappa shape index (κ1) is 94.9. The number of amides is 1. The molecule has 0 bridgehead atoms. The molecule has 1 saturated carbocycles.